The number of allylic oxidation sites excluding steroid dienone is 1. The van der Waals surface area contributed by atoms with E-state index in [2.05, 4.69) is 11.0 Å². The Labute approximate surface area is 247 Å². The maximum Gasteiger partial charge on any atom is 0.335 e. The smallest absolute Gasteiger partial charge is 0.335 e. The summed E-state index contributed by atoms with van der Waals surface area (Å²) in [5.74, 6) is -0.127. The predicted molar refractivity (Wildman–Crippen MR) is 160 cm³/mol. The van der Waals surface area contributed by atoms with Gasteiger partial charge in [0.05, 0.1) is 29.2 Å². The van der Waals surface area contributed by atoms with Gasteiger partial charge in [0, 0.05) is 23.5 Å². The largest absolute Gasteiger partial charge is 0.490 e. The molecule has 41 heavy (non-hydrogen) atoms. The summed E-state index contributed by atoms with van der Waals surface area (Å²) in [6, 6.07) is 11.1. The summed E-state index contributed by atoms with van der Waals surface area (Å²) in [6.45, 7) is 3.58. The molecule has 2 aromatic carbocycles. The Kier molecular flexibility index (Phi) is 8.71. The lowest BCUT2D eigenvalue weighted by atomic mass is 9.68. The number of anilines is 1. The van der Waals surface area contributed by atoms with E-state index in [1.807, 2.05) is 12.1 Å². The van der Waals surface area contributed by atoms with Gasteiger partial charge in [0.1, 0.15) is 5.75 Å². The number of sulfonamides is 1. The molecule has 5 rings (SSSR count). The fourth-order valence-electron chi connectivity index (χ4n) is 6.85. The number of hydrogen-bond acceptors (Lipinski definition) is 6. The normalized spacial score (nSPS) is 25.5. The first-order valence-electron chi connectivity index (χ1n) is 14.4. The SMILES string of the molecule is CCC(C/C=C/C(O)[C@@H]1CC[C@H]1CN1CC2(CCCc3cc(Cl)ccc32)COc2ccc(C(=O)O)cc21)S(N)(=O)=O. The molecule has 222 valence electrons. The molecule has 1 spiro atoms. The molecule has 0 radical (unpaired) electrons. The van der Waals surface area contributed by atoms with Crippen molar-refractivity contribution in [2.24, 2.45) is 17.0 Å². The average Bonchev–Trinajstić information content (AvgIpc) is 3.05. The number of aliphatic hydroxyl groups excluding tert-OH is 1. The van der Waals surface area contributed by atoms with Gasteiger partial charge in [0.2, 0.25) is 10.0 Å². The summed E-state index contributed by atoms with van der Waals surface area (Å²) in [4.78, 5) is 14.1. The number of aliphatic hydroxyl groups is 1. The Morgan fingerprint density at radius 1 is 1.27 bits per heavy atom. The van der Waals surface area contributed by atoms with Gasteiger partial charge in [-0.1, -0.05) is 36.7 Å². The monoisotopic (exact) mass is 602 g/mol. The first-order valence-corrected chi connectivity index (χ1v) is 16.4. The van der Waals surface area contributed by atoms with Crippen LogP contribution in [0.15, 0.2) is 48.6 Å². The van der Waals surface area contributed by atoms with Gasteiger partial charge in [-0.2, -0.15) is 0 Å². The van der Waals surface area contributed by atoms with Crippen LogP contribution in [0.3, 0.4) is 0 Å². The number of nitrogens with zero attached hydrogens (tertiary/aromatic N) is 1. The lowest BCUT2D eigenvalue weighted by molar-refractivity contribution is 0.0456. The first-order chi connectivity index (χ1) is 19.5. The van der Waals surface area contributed by atoms with E-state index in [0.29, 0.717) is 31.9 Å². The molecule has 1 heterocycles. The van der Waals surface area contributed by atoms with Gasteiger partial charge in [-0.15, -0.1) is 0 Å². The highest BCUT2D eigenvalue weighted by atomic mass is 35.5. The van der Waals surface area contributed by atoms with Crippen LogP contribution in [0.2, 0.25) is 5.02 Å². The van der Waals surface area contributed by atoms with Crippen molar-refractivity contribution in [1.29, 1.82) is 0 Å². The molecule has 2 aromatic rings. The Morgan fingerprint density at radius 2 is 2.07 bits per heavy atom. The maximum absolute atomic E-state index is 11.9. The van der Waals surface area contributed by atoms with Crippen molar-refractivity contribution in [1.82, 2.24) is 0 Å². The lowest BCUT2D eigenvalue weighted by Crippen LogP contribution is -2.49. The van der Waals surface area contributed by atoms with Crippen molar-refractivity contribution >= 4 is 33.3 Å². The van der Waals surface area contributed by atoms with Crippen molar-refractivity contribution in [2.45, 2.75) is 68.6 Å². The molecule has 1 fully saturated rings. The van der Waals surface area contributed by atoms with E-state index in [1.54, 1.807) is 37.3 Å². The zero-order chi connectivity index (χ0) is 29.4. The van der Waals surface area contributed by atoms with Crippen LogP contribution < -0.4 is 14.8 Å². The number of benzene rings is 2. The Morgan fingerprint density at radius 3 is 2.76 bits per heavy atom. The molecule has 1 aliphatic heterocycles. The van der Waals surface area contributed by atoms with Gasteiger partial charge in [0.25, 0.3) is 0 Å². The van der Waals surface area contributed by atoms with E-state index in [0.717, 1.165) is 42.8 Å². The standard InChI is InChI=1S/C31H39ClN2O6S/c1-2-24(41(33,38)39)6-3-7-28(35)25-11-8-22(25)17-34-18-31(14-4-5-20-15-23(32)10-12-26(20)31)19-40-29-13-9-21(30(36)37)16-27(29)34/h3,7,9-10,12-13,15-16,22,24-25,28,35H,2,4-6,8,11,14,17-19H2,1H3,(H,36,37)(H2,33,38,39)/b7-3+/t22-,24?,25+,28?,31?/m0/s1. The number of rotatable bonds is 9. The molecule has 5 atom stereocenters. The third-order valence-corrected chi connectivity index (χ3v) is 11.0. The summed E-state index contributed by atoms with van der Waals surface area (Å²) >= 11 is 6.35. The fraction of sp³-hybridized carbons (Fsp3) is 0.516. The molecule has 2 aliphatic carbocycles. The molecule has 10 heteroatoms. The number of aryl methyl sites for hydroxylation is 1. The minimum Gasteiger partial charge on any atom is -0.490 e. The third kappa shape index (κ3) is 6.28. The molecule has 0 saturated heterocycles. The van der Waals surface area contributed by atoms with Crippen molar-refractivity contribution in [3.05, 3.63) is 70.3 Å². The molecule has 8 nitrogen and oxygen atoms in total. The number of hydrogen-bond donors (Lipinski definition) is 3. The average molecular weight is 603 g/mol. The van der Waals surface area contributed by atoms with Crippen LogP contribution in [0.1, 0.15) is 66.9 Å². The van der Waals surface area contributed by atoms with Crippen molar-refractivity contribution in [3.63, 3.8) is 0 Å². The van der Waals surface area contributed by atoms with Gasteiger partial charge in [-0.3, -0.25) is 0 Å². The molecular weight excluding hydrogens is 564 g/mol. The van der Waals surface area contributed by atoms with Crippen LogP contribution in [-0.2, 0) is 21.9 Å². The van der Waals surface area contributed by atoms with Gasteiger partial charge in [-0.05, 0) is 98.2 Å². The van der Waals surface area contributed by atoms with Gasteiger partial charge in [-0.25, -0.2) is 18.4 Å². The second kappa shape index (κ2) is 12.0. The quantitative estimate of drug-likeness (QED) is 0.348. The fourth-order valence-corrected chi connectivity index (χ4v) is 7.89. The van der Waals surface area contributed by atoms with E-state index in [-0.39, 0.29) is 29.2 Å². The van der Waals surface area contributed by atoms with E-state index >= 15 is 0 Å². The molecule has 0 aromatic heterocycles. The Hall–Kier alpha value is -2.59. The van der Waals surface area contributed by atoms with Gasteiger partial charge < -0.3 is 19.8 Å². The van der Waals surface area contributed by atoms with Crippen LogP contribution in [-0.4, -0.2) is 55.7 Å². The van der Waals surface area contributed by atoms with Crippen LogP contribution >= 0.6 is 11.6 Å². The van der Waals surface area contributed by atoms with E-state index in [9.17, 15) is 23.4 Å². The van der Waals surface area contributed by atoms with Crippen LogP contribution in [0.4, 0.5) is 5.69 Å². The number of halogens is 1. The molecular formula is C31H39ClN2O6S. The second-order valence-corrected chi connectivity index (χ2v) is 14.1. The van der Waals surface area contributed by atoms with E-state index in [4.69, 9.17) is 21.5 Å². The Bertz CT molecular complexity index is 1430. The lowest BCUT2D eigenvalue weighted by Gasteiger charge is -2.45. The highest BCUT2D eigenvalue weighted by Crippen LogP contribution is 2.46. The van der Waals surface area contributed by atoms with Crippen molar-refractivity contribution in [2.75, 3.05) is 24.6 Å². The molecule has 3 unspecified atom stereocenters. The predicted octanol–water partition coefficient (Wildman–Crippen LogP) is 4.91. The first kappa shape index (κ1) is 29.9. The highest BCUT2D eigenvalue weighted by Gasteiger charge is 2.44. The van der Waals surface area contributed by atoms with Crippen LogP contribution in [0, 0.1) is 11.8 Å². The Balaban J connectivity index is 1.41. The maximum atomic E-state index is 11.9. The van der Waals surface area contributed by atoms with Gasteiger partial charge in [0.15, 0.2) is 0 Å². The zero-order valence-electron chi connectivity index (χ0n) is 23.3. The second-order valence-electron chi connectivity index (χ2n) is 11.9. The number of aromatic carboxylic acids is 1. The molecule has 0 amide bonds. The van der Waals surface area contributed by atoms with E-state index in [1.165, 1.54) is 11.1 Å². The summed E-state index contributed by atoms with van der Waals surface area (Å²) in [5.41, 5.74) is 3.16. The molecule has 0 bridgehead atoms. The number of carbonyl (C=O) groups is 1. The molecule has 4 N–H and O–H groups in total. The number of nitrogens with two attached hydrogens (primary N) is 1. The minimum atomic E-state index is -3.63. The number of fused-ring (bicyclic) bond motifs is 3. The van der Waals surface area contributed by atoms with Crippen molar-refractivity contribution in [3.8, 4) is 5.75 Å². The molecule has 1 saturated carbocycles. The zero-order valence-corrected chi connectivity index (χ0v) is 24.9. The number of ether oxygens (including phenoxy) is 1. The summed E-state index contributed by atoms with van der Waals surface area (Å²) < 4.78 is 29.9. The summed E-state index contributed by atoms with van der Waals surface area (Å²) in [6.07, 6.45) is 8.13. The minimum absolute atomic E-state index is 0.0180. The van der Waals surface area contributed by atoms with Crippen LogP contribution in [0.25, 0.3) is 0 Å². The van der Waals surface area contributed by atoms with Crippen molar-refractivity contribution < 1.29 is 28.2 Å². The number of carboxylic acid groups (broad SMARTS) is 1. The summed E-state index contributed by atoms with van der Waals surface area (Å²) in [5, 5.41) is 26.1. The topological polar surface area (TPSA) is 130 Å². The molecule has 3 aliphatic rings. The van der Waals surface area contributed by atoms with E-state index < -0.39 is 27.3 Å². The number of primary sulfonamides is 1. The number of carboxylic acids is 1. The van der Waals surface area contributed by atoms with Crippen LogP contribution in [0.5, 0.6) is 5.75 Å². The summed E-state index contributed by atoms with van der Waals surface area (Å²) in [7, 11) is -3.63. The third-order valence-electron chi connectivity index (χ3n) is 9.31. The van der Waals surface area contributed by atoms with Gasteiger partial charge >= 0.3 is 5.97 Å². The highest BCUT2D eigenvalue weighted by molar-refractivity contribution is 7.89.